The number of aromatic hydroxyl groups is 3. The number of fused-ring (bicyclic) bond motifs is 1. The fraction of sp³-hybridized carbons (Fsp3) is 0.333. The summed E-state index contributed by atoms with van der Waals surface area (Å²) in [5.74, 6) is -2.31. The number of ether oxygens (including phenoxy) is 3. The van der Waals surface area contributed by atoms with Crippen LogP contribution in [-0.4, -0.2) is 51.0 Å². The fourth-order valence-corrected chi connectivity index (χ4v) is 3.91. The van der Waals surface area contributed by atoms with Crippen molar-refractivity contribution < 1.29 is 43.8 Å². The first-order chi connectivity index (χ1) is 16.1. The van der Waals surface area contributed by atoms with Crippen LogP contribution >= 0.6 is 0 Å². The third-order valence-corrected chi connectivity index (χ3v) is 5.81. The molecule has 0 saturated carbocycles. The van der Waals surface area contributed by atoms with E-state index in [2.05, 4.69) is 0 Å². The predicted molar refractivity (Wildman–Crippen MR) is 119 cm³/mol. The number of aliphatic hydroxyl groups excluding tert-OH is 1. The van der Waals surface area contributed by atoms with Gasteiger partial charge in [-0.25, -0.2) is 0 Å². The summed E-state index contributed by atoms with van der Waals surface area (Å²) in [4.78, 5) is 25.0. The van der Waals surface area contributed by atoms with E-state index in [0.29, 0.717) is 5.56 Å². The highest BCUT2D eigenvalue weighted by molar-refractivity contribution is 5.88. The van der Waals surface area contributed by atoms with Crippen LogP contribution in [0.3, 0.4) is 0 Å². The van der Waals surface area contributed by atoms with Crippen molar-refractivity contribution in [3.63, 3.8) is 0 Å². The molecule has 10 nitrogen and oxygen atoms in total. The van der Waals surface area contributed by atoms with E-state index in [1.165, 1.54) is 31.2 Å². The van der Waals surface area contributed by atoms with Gasteiger partial charge in [-0.15, -0.1) is 0 Å². The second-order valence-corrected chi connectivity index (χ2v) is 8.23. The molecule has 1 fully saturated rings. The van der Waals surface area contributed by atoms with E-state index in [-0.39, 0.29) is 39.9 Å². The lowest BCUT2D eigenvalue weighted by atomic mass is 9.91. The predicted octanol–water partition coefficient (Wildman–Crippen LogP) is 2.63. The molecule has 180 valence electrons. The SMILES string of the molecule is CC(=O)OC1C(C)C(C)OC(Oc2c(-c3ccc(O)cc3)oc3cc(O)cc(O)c3c2=O)C1O. The van der Waals surface area contributed by atoms with E-state index < -0.39 is 41.7 Å². The first-order valence-corrected chi connectivity index (χ1v) is 10.6. The Morgan fingerprint density at radius 2 is 1.71 bits per heavy atom. The van der Waals surface area contributed by atoms with Crippen molar-refractivity contribution in [2.45, 2.75) is 45.4 Å². The van der Waals surface area contributed by atoms with Crippen LogP contribution < -0.4 is 10.2 Å². The van der Waals surface area contributed by atoms with Crippen LogP contribution in [0.5, 0.6) is 23.0 Å². The van der Waals surface area contributed by atoms with Crippen molar-refractivity contribution >= 4 is 16.9 Å². The number of benzene rings is 2. The second kappa shape index (κ2) is 8.88. The van der Waals surface area contributed by atoms with Crippen LogP contribution in [0.4, 0.5) is 0 Å². The number of aliphatic hydroxyl groups is 1. The molecule has 1 aliphatic heterocycles. The summed E-state index contributed by atoms with van der Waals surface area (Å²) < 4.78 is 22.7. The van der Waals surface area contributed by atoms with E-state index in [1.54, 1.807) is 13.8 Å². The minimum Gasteiger partial charge on any atom is -0.508 e. The Labute approximate surface area is 193 Å². The van der Waals surface area contributed by atoms with Gasteiger partial charge in [-0.1, -0.05) is 6.92 Å². The average molecular weight is 472 g/mol. The number of carbonyl (C=O) groups is 1. The molecule has 1 aromatic heterocycles. The van der Waals surface area contributed by atoms with Gasteiger partial charge in [0.25, 0.3) is 0 Å². The molecule has 1 aliphatic rings. The first-order valence-electron chi connectivity index (χ1n) is 10.6. The van der Waals surface area contributed by atoms with Crippen LogP contribution in [0.25, 0.3) is 22.3 Å². The molecule has 4 N–H and O–H groups in total. The summed E-state index contributed by atoms with van der Waals surface area (Å²) >= 11 is 0. The quantitative estimate of drug-likeness (QED) is 0.416. The molecule has 3 aromatic rings. The maximum atomic E-state index is 13.4. The Bertz CT molecular complexity index is 1280. The molecule has 1 saturated heterocycles. The van der Waals surface area contributed by atoms with Crippen molar-refractivity contribution in [2.75, 3.05) is 0 Å². The number of esters is 1. The first kappa shape index (κ1) is 23.4. The van der Waals surface area contributed by atoms with Gasteiger partial charge in [0, 0.05) is 30.5 Å². The van der Waals surface area contributed by atoms with Crippen LogP contribution in [0, 0.1) is 5.92 Å². The van der Waals surface area contributed by atoms with Gasteiger partial charge in [-0.2, -0.15) is 0 Å². The maximum absolute atomic E-state index is 13.4. The number of rotatable bonds is 4. The van der Waals surface area contributed by atoms with Crippen molar-refractivity contribution in [3.05, 3.63) is 46.6 Å². The van der Waals surface area contributed by atoms with Crippen molar-refractivity contribution in [3.8, 4) is 34.3 Å². The Balaban J connectivity index is 1.86. The highest BCUT2D eigenvalue weighted by atomic mass is 16.7. The number of hydrogen-bond acceptors (Lipinski definition) is 10. The lowest BCUT2D eigenvalue weighted by Gasteiger charge is -2.41. The van der Waals surface area contributed by atoms with Gasteiger partial charge in [0.05, 0.1) is 6.10 Å². The summed E-state index contributed by atoms with van der Waals surface area (Å²) in [6, 6.07) is 7.83. The fourth-order valence-electron chi connectivity index (χ4n) is 3.91. The topological polar surface area (TPSA) is 156 Å². The number of hydrogen-bond donors (Lipinski definition) is 4. The minimum atomic E-state index is -1.44. The van der Waals surface area contributed by atoms with E-state index in [1.807, 2.05) is 0 Å². The Morgan fingerprint density at radius 3 is 2.35 bits per heavy atom. The van der Waals surface area contributed by atoms with Crippen LogP contribution in [0.1, 0.15) is 20.8 Å². The van der Waals surface area contributed by atoms with Gasteiger partial charge in [-0.3, -0.25) is 9.59 Å². The lowest BCUT2D eigenvalue weighted by Crippen LogP contribution is -2.56. The van der Waals surface area contributed by atoms with Crippen LogP contribution in [-0.2, 0) is 14.3 Å². The minimum absolute atomic E-state index is 0.0253. The third-order valence-electron chi connectivity index (χ3n) is 5.81. The molecule has 0 aliphatic carbocycles. The molecular weight excluding hydrogens is 448 g/mol. The number of phenols is 3. The second-order valence-electron chi connectivity index (χ2n) is 8.23. The van der Waals surface area contributed by atoms with Gasteiger partial charge in [0.1, 0.15) is 34.3 Å². The molecule has 34 heavy (non-hydrogen) atoms. The highest BCUT2D eigenvalue weighted by Gasteiger charge is 2.45. The van der Waals surface area contributed by atoms with Crippen molar-refractivity contribution in [2.24, 2.45) is 5.92 Å². The highest BCUT2D eigenvalue weighted by Crippen LogP contribution is 2.38. The molecule has 4 rings (SSSR count). The van der Waals surface area contributed by atoms with E-state index in [9.17, 15) is 30.0 Å². The molecular formula is C24H24O10. The standard InChI is InChI=1S/C24H24O10/c1-10-11(2)31-24(20(30)21(10)32-12(3)25)34-23-19(29)18-16(28)8-15(27)9-17(18)33-22(23)13-4-6-14(26)7-5-13/h4-11,20-21,24,26-28,30H,1-3H3. The molecule has 5 atom stereocenters. The number of carbonyl (C=O) groups excluding carboxylic acids is 1. The maximum Gasteiger partial charge on any atom is 0.303 e. The van der Waals surface area contributed by atoms with E-state index in [4.69, 9.17) is 18.6 Å². The Hall–Kier alpha value is -3.76. The summed E-state index contributed by atoms with van der Waals surface area (Å²) in [7, 11) is 0. The van der Waals surface area contributed by atoms with Gasteiger partial charge in [0.2, 0.25) is 17.5 Å². The molecule has 0 radical (unpaired) electrons. The summed E-state index contributed by atoms with van der Waals surface area (Å²) in [6.07, 6.45) is -4.31. The lowest BCUT2D eigenvalue weighted by molar-refractivity contribution is -0.256. The van der Waals surface area contributed by atoms with Crippen LogP contribution in [0.2, 0.25) is 0 Å². The normalized spacial score (nSPS) is 24.6. The largest absolute Gasteiger partial charge is 0.508 e. The summed E-state index contributed by atoms with van der Waals surface area (Å²) in [6.45, 7) is 4.67. The third kappa shape index (κ3) is 4.25. The molecule has 0 spiro atoms. The van der Waals surface area contributed by atoms with Gasteiger partial charge >= 0.3 is 5.97 Å². The molecule has 0 amide bonds. The zero-order valence-electron chi connectivity index (χ0n) is 18.6. The van der Waals surface area contributed by atoms with Crippen LogP contribution in [0.15, 0.2) is 45.6 Å². The zero-order valence-corrected chi connectivity index (χ0v) is 18.6. The molecule has 2 aromatic carbocycles. The molecule has 2 heterocycles. The molecule has 0 bridgehead atoms. The smallest absolute Gasteiger partial charge is 0.303 e. The van der Waals surface area contributed by atoms with E-state index in [0.717, 1.165) is 12.1 Å². The summed E-state index contributed by atoms with van der Waals surface area (Å²) in [5.41, 5.74) is -0.561. The van der Waals surface area contributed by atoms with Crippen molar-refractivity contribution in [1.29, 1.82) is 0 Å². The Morgan fingerprint density at radius 1 is 1.03 bits per heavy atom. The zero-order chi connectivity index (χ0) is 24.7. The number of phenolic OH excluding ortho intramolecular Hbond substituents is 3. The molecule has 5 unspecified atom stereocenters. The summed E-state index contributed by atoms with van der Waals surface area (Å²) in [5, 5.41) is 40.4. The van der Waals surface area contributed by atoms with Gasteiger partial charge in [0.15, 0.2) is 11.9 Å². The monoisotopic (exact) mass is 472 g/mol. The van der Waals surface area contributed by atoms with Gasteiger partial charge in [-0.05, 0) is 31.2 Å². The van der Waals surface area contributed by atoms with Gasteiger partial charge < -0.3 is 39.1 Å². The Kier molecular flexibility index (Phi) is 6.11. The molecule has 10 heteroatoms. The van der Waals surface area contributed by atoms with Crippen molar-refractivity contribution in [1.82, 2.24) is 0 Å². The van der Waals surface area contributed by atoms with E-state index >= 15 is 0 Å². The average Bonchev–Trinajstić information content (AvgIpc) is 2.76.